The van der Waals surface area contributed by atoms with Crippen LogP contribution in [0.4, 0.5) is 5.82 Å². The zero-order chi connectivity index (χ0) is 20.2. The Morgan fingerprint density at radius 1 is 1.00 bits per heavy atom. The summed E-state index contributed by atoms with van der Waals surface area (Å²) in [5.41, 5.74) is 7.11. The summed E-state index contributed by atoms with van der Waals surface area (Å²) in [4.78, 5) is 32.5. The fourth-order valence-corrected chi connectivity index (χ4v) is 4.19. The third kappa shape index (κ3) is 4.36. The summed E-state index contributed by atoms with van der Waals surface area (Å²) in [6.07, 6.45) is 6.65. The maximum absolute atomic E-state index is 13.0. The maximum Gasteiger partial charge on any atom is 0.227 e. The third-order valence-corrected chi connectivity index (χ3v) is 5.91. The Hall–Kier alpha value is -3.03. The molecule has 29 heavy (non-hydrogen) atoms. The fraction of sp³-hybridized carbons (Fsp3) is 0.476. The molecule has 2 fully saturated rings. The number of amides is 2. The lowest BCUT2D eigenvalue weighted by Crippen LogP contribution is -2.48. The van der Waals surface area contributed by atoms with Crippen molar-refractivity contribution in [2.75, 3.05) is 31.1 Å². The molecule has 2 aromatic rings. The van der Waals surface area contributed by atoms with Gasteiger partial charge in [0, 0.05) is 50.1 Å². The minimum Gasteiger partial charge on any atom is -0.369 e. The zero-order valence-corrected chi connectivity index (χ0v) is 16.4. The van der Waals surface area contributed by atoms with E-state index in [1.807, 2.05) is 29.2 Å². The van der Waals surface area contributed by atoms with Crippen LogP contribution in [0.3, 0.4) is 0 Å². The van der Waals surface area contributed by atoms with Crippen LogP contribution in [0.5, 0.6) is 0 Å². The third-order valence-electron chi connectivity index (χ3n) is 5.91. The number of nitrogens with two attached hydrogens (primary N) is 1. The number of hydrogen-bond donors (Lipinski definition) is 1. The quantitative estimate of drug-likeness (QED) is 0.842. The summed E-state index contributed by atoms with van der Waals surface area (Å²) < 4.78 is 0. The van der Waals surface area contributed by atoms with Gasteiger partial charge in [0.15, 0.2) is 5.82 Å². The molecule has 1 unspecified atom stereocenters. The van der Waals surface area contributed by atoms with Crippen molar-refractivity contribution in [1.82, 2.24) is 20.1 Å². The molecule has 0 spiro atoms. The van der Waals surface area contributed by atoms with Gasteiger partial charge in [-0.25, -0.2) is 0 Å². The second-order valence-electron chi connectivity index (χ2n) is 7.81. The van der Waals surface area contributed by atoms with Crippen molar-refractivity contribution in [2.45, 2.75) is 25.7 Å². The van der Waals surface area contributed by atoms with Crippen LogP contribution in [-0.2, 0) is 9.59 Å². The summed E-state index contributed by atoms with van der Waals surface area (Å²) in [5.74, 6) is 0.568. The molecule has 2 aromatic heterocycles. The van der Waals surface area contributed by atoms with Crippen LogP contribution in [-0.4, -0.2) is 58.1 Å². The number of nitrogens with zero attached hydrogens (tertiary/aromatic N) is 5. The Balaban J connectivity index is 1.38. The van der Waals surface area contributed by atoms with Crippen LogP contribution in [0.2, 0.25) is 0 Å². The lowest BCUT2D eigenvalue weighted by molar-refractivity contribution is -0.138. The minimum absolute atomic E-state index is 0.0475. The number of aromatic nitrogens is 3. The normalized spacial score (nSPS) is 20.5. The summed E-state index contributed by atoms with van der Waals surface area (Å²) >= 11 is 0. The van der Waals surface area contributed by atoms with E-state index in [-0.39, 0.29) is 23.7 Å². The predicted molar refractivity (Wildman–Crippen MR) is 109 cm³/mol. The van der Waals surface area contributed by atoms with Crippen molar-refractivity contribution < 1.29 is 9.59 Å². The van der Waals surface area contributed by atoms with E-state index in [4.69, 9.17) is 5.73 Å². The molecule has 2 aliphatic heterocycles. The number of likely N-dealkylation sites (tertiary alicyclic amines) is 1. The zero-order valence-electron chi connectivity index (χ0n) is 16.4. The van der Waals surface area contributed by atoms with Crippen molar-refractivity contribution in [3.8, 4) is 11.3 Å². The molecule has 0 radical (unpaired) electrons. The average Bonchev–Trinajstić information content (AvgIpc) is 2.79. The highest BCUT2D eigenvalue weighted by molar-refractivity contribution is 5.81. The summed E-state index contributed by atoms with van der Waals surface area (Å²) in [6.45, 7) is 2.75. The first kappa shape index (κ1) is 19.3. The van der Waals surface area contributed by atoms with Gasteiger partial charge in [0.25, 0.3) is 0 Å². The SMILES string of the molecule is NC(=O)C1CCN(C(=O)C2CCCN(c3ccc(-c4cccnc4)nn3)C2)CC1. The van der Waals surface area contributed by atoms with E-state index in [0.29, 0.717) is 32.5 Å². The molecule has 2 saturated heterocycles. The molecule has 4 rings (SSSR count). The summed E-state index contributed by atoms with van der Waals surface area (Å²) in [6, 6.07) is 7.73. The van der Waals surface area contributed by atoms with Crippen LogP contribution in [0.25, 0.3) is 11.3 Å². The highest BCUT2D eigenvalue weighted by atomic mass is 16.2. The number of hydrogen-bond acceptors (Lipinski definition) is 6. The monoisotopic (exact) mass is 394 g/mol. The molecule has 8 heteroatoms. The van der Waals surface area contributed by atoms with Gasteiger partial charge in [-0.3, -0.25) is 14.6 Å². The molecule has 152 valence electrons. The van der Waals surface area contributed by atoms with Gasteiger partial charge in [0.2, 0.25) is 11.8 Å². The number of piperidine rings is 2. The van der Waals surface area contributed by atoms with Gasteiger partial charge in [-0.2, -0.15) is 0 Å². The van der Waals surface area contributed by atoms with Crippen LogP contribution in [0, 0.1) is 11.8 Å². The number of carbonyl (C=O) groups excluding carboxylic acids is 2. The molecule has 1 atom stereocenters. The predicted octanol–water partition coefficient (Wildman–Crippen LogP) is 1.48. The molecule has 0 saturated carbocycles. The van der Waals surface area contributed by atoms with Crippen LogP contribution < -0.4 is 10.6 Å². The Bertz CT molecular complexity index is 849. The fourth-order valence-electron chi connectivity index (χ4n) is 4.19. The molecule has 2 aliphatic rings. The van der Waals surface area contributed by atoms with Crippen LogP contribution >= 0.6 is 0 Å². The highest BCUT2D eigenvalue weighted by Gasteiger charge is 2.33. The molecular formula is C21H26N6O2. The lowest BCUT2D eigenvalue weighted by Gasteiger charge is -2.37. The molecule has 4 heterocycles. The molecule has 8 nitrogen and oxygen atoms in total. The van der Waals surface area contributed by atoms with E-state index in [2.05, 4.69) is 20.1 Å². The molecule has 0 aliphatic carbocycles. The van der Waals surface area contributed by atoms with Gasteiger partial charge in [0.1, 0.15) is 0 Å². The molecule has 2 amide bonds. The van der Waals surface area contributed by atoms with E-state index in [0.717, 1.165) is 36.5 Å². The largest absolute Gasteiger partial charge is 0.369 e. The van der Waals surface area contributed by atoms with Crippen molar-refractivity contribution in [1.29, 1.82) is 0 Å². The Kier molecular flexibility index (Phi) is 5.69. The van der Waals surface area contributed by atoms with E-state index >= 15 is 0 Å². The van der Waals surface area contributed by atoms with Crippen molar-refractivity contribution in [2.24, 2.45) is 17.6 Å². The summed E-state index contributed by atoms with van der Waals surface area (Å²) in [7, 11) is 0. The van der Waals surface area contributed by atoms with Crippen molar-refractivity contribution in [3.63, 3.8) is 0 Å². The van der Waals surface area contributed by atoms with E-state index in [9.17, 15) is 9.59 Å². The van der Waals surface area contributed by atoms with Crippen molar-refractivity contribution in [3.05, 3.63) is 36.7 Å². The van der Waals surface area contributed by atoms with Crippen LogP contribution in [0.1, 0.15) is 25.7 Å². The first-order valence-electron chi connectivity index (χ1n) is 10.2. The Labute approximate surface area is 170 Å². The van der Waals surface area contributed by atoms with Gasteiger partial charge >= 0.3 is 0 Å². The smallest absolute Gasteiger partial charge is 0.227 e. The van der Waals surface area contributed by atoms with Crippen LogP contribution in [0.15, 0.2) is 36.7 Å². The average molecular weight is 394 g/mol. The van der Waals surface area contributed by atoms with E-state index in [1.165, 1.54) is 0 Å². The topological polar surface area (TPSA) is 105 Å². The van der Waals surface area contributed by atoms with E-state index in [1.54, 1.807) is 12.4 Å². The first-order chi connectivity index (χ1) is 14.1. The van der Waals surface area contributed by atoms with Gasteiger partial charge in [0.05, 0.1) is 11.6 Å². The maximum atomic E-state index is 13.0. The lowest BCUT2D eigenvalue weighted by atomic mass is 9.92. The number of rotatable bonds is 4. The highest BCUT2D eigenvalue weighted by Crippen LogP contribution is 2.26. The number of anilines is 1. The molecular weight excluding hydrogens is 368 g/mol. The van der Waals surface area contributed by atoms with Gasteiger partial charge in [-0.05, 0) is 49.9 Å². The number of primary amides is 1. The molecule has 0 bridgehead atoms. The Morgan fingerprint density at radius 2 is 1.83 bits per heavy atom. The Morgan fingerprint density at radius 3 is 2.48 bits per heavy atom. The number of carbonyl (C=O) groups is 2. The molecule has 2 N–H and O–H groups in total. The van der Waals surface area contributed by atoms with Gasteiger partial charge in [-0.15, -0.1) is 10.2 Å². The summed E-state index contributed by atoms with van der Waals surface area (Å²) in [5, 5.41) is 8.72. The van der Waals surface area contributed by atoms with Crippen molar-refractivity contribution >= 4 is 17.6 Å². The minimum atomic E-state index is -0.255. The number of pyridine rings is 1. The van der Waals surface area contributed by atoms with Gasteiger partial charge in [-0.1, -0.05) is 0 Å². The molecule has 0 aromatic carbocycles. The standard InChI is InChI=1S/C21H26N6O2/c22-20(28)15-7-11-26(12-8-15)21(29)17-4-2-10-27(14-17)19-6-5-18(24-25-19)16-3-1-9-23-13-16/h1,3,5-6,9,13,15,17H,2,4,7-8,10-12,14H2,(H2,22,28). The van der Waals surface area contributed by atoms with Gasteiger partial charge < -0.3 is 15.5 Å². The first-order valence-corrected chi connectivity index (χ1v) is 10.2. The second-order valence-corrected chi connectivity index (χ2v) is 7.81. The van der Waals surface area contributed by atoms with E-state index < -0.39 is 0 Å². The second kappa shape index (κ2) is 8.55.